The summed E-state index contributed by atoms with van der Waals surface area (Å²) < 4.78 is 5.27. The van der Waals surface area contributed by atoms with E-state index in [1.807, 2.05) is 36.9 Å². The van der Waals surface area contributed by atoms with Crippen LogP contribution >= 0.6 is 0 Å². The molecular weight excluding hydrogens is 238 g/mol. The summed E-state index contributed by atoms with van der Waals surface area (Å²) in [6.07, 6.45) is 1.01. The molecule has 1 amide bonds. The minimum Gasteiger partial charge on any atom is -0.497 e. The van der Waals surface area contributed by atoms with Gasteiger partial charge in [0, 0.05) is 18.7 Å². The number of benzene rings is 1. The van der Waals surface area contributed by atoms with Gasteiger partial charge >= 0.3 is 0 Å². The van der Waals surface area contributed by atoms with Gasteiger partial charge in [0.2, 0.25) is 0 Å². The van der Waals surface area contributed by atoms with Gasteiger partial charge in [0.1, 0.15) is 5.75 Å². The Labute approximate surface area is 116 Å². The van der Waals surface area contributed by atoms with Crippen LogP contribution in [-0.2, 0) is 0 Å². The molecule has 0 radical (unpaired) electrons. The predicted octanol–water partition coefficient (Wildman–Crippen LogP) is 3.69. The Balaban J connectivity index is 3.22. The lowest BCUT2D eigenvalue weighted by Gasteiger charge is -2.22. The molecule has 0 saturated carbocycles. The van der Waals surface area contributed by atoms with Crippen molar-refractivity contribution in [2.75, 3.05) is 20.2 Å². The minimum absolute atomic E-state index is 0.114. The van der Waals surface area contributed by atoms with E-state index in [0.717, 1.165) is 36.4 Å². The van der Waals surface area contributed by atoms with Crippen LogP contribution in [0, 0.1) is 0 Å². The molecule has 3 heteroatoms. The number of carbonyl (C=O) groups excluding carboxylic acids is 1. The molecule has 0 N–H and O–H groups in total. The van der Waals surface area contributed by atoms with Crippen LogP contribution in [0.25, 0.3) is 0 Å². The molecule has 0 aromatic heterocycles. The zero-order valence-electron chi connectivity index (χ0n) is 12.7. The molecule has 0 saturated heterocycles. The molecule has 0 heterocycles. The summed E-state index contributed by atoms with van der Waals surface area (Å²) in [6, 6.07) is 5.74. The molecule has 0 aliphatic heterocycles. The van der Waals surface area contributed by atoms with Gasteiger partial charge < -0.3 is 9.64 Å². The molecule has 0 fully saturated rings. The van der Waals surface area contributed by atoms with E-state index in [-0.39, 0.29) is 5.91 Å². The number of methoxy groups -OCH3 is 1. The Morgan fingerprint density at radius 2 is 1.89 bits per heavy atom. The van der Waals surface area contributed by atoms with Crippen LogP contribution in [0.3, 0.4) is 0 Å². The van der Waals surface area contributed by atoms with Crippen molar-refractivity contribution in [2.24, 2.45) is 0 Å². The van der Waals surface area contributed by atoms with Crippen LogP contribution in [0.1, 0.15) is 56.0 Å². The second-order valence-corrected chi connectivity index (χ2v) is 4.74. The molecule has 0 aliphatic rings. The van der Waals surface area contributed by atoms with Gasteiger partial charge in [-0.3, -0.25) is 4.79 Å². The van der Waals surface area contributed by atoms with Crippen molar-refractivity contribution in [1.29, 1.82) is 0 Å². The first-order valence-corrected chi connectivity index (χ1v) is 7.06. The third kappa shape index (κ3) is 3.49. The summed E-state index contributed by atoms with van der Waals surface area (Å²) in [4.78, 5) is 14.4. The van der Waals surface area contributed by atoms with Crippen LogP contribution in [0.4, 0.5) is 0 Å². The highest BCUT2D eigenvalue weighted by Crippen LogP contribution is 2.28. The molecule has 1 rings (SSSR count). The third-order valence-electron chi connectivity index (χ3n) is 3.68. The van der Waals surface area contributed by atoms with Crippen LogP contribution in [-0.4, -0.2) is 31.0 Å². The molecule has 1 unspecified atom stereocenters. The number of hydrogen-bond acceptors (Lipinski definition) is 2. The van der Waals surface area contributed by atoms with Gasteiger partial charge in [-0.1, -0.05) is 13.8 Å². The van der Waals surface area contributed by atoms with Crippen LogP contribution in [0.5, 0.6) is 5.75 Å². The van der Waals surface area contributed by atoms with Gasteiger partial charge in [0.15, 0.2) is 0 Å². The van der Waals surface area contributed by atoms with E-state index in [1.165, 1.54) is 0 Å². The average Bonchev–Trinajstić information content (AvgIpc) is 2.46. The number of hydrogen-bond donors (Lipinski definition) is 0. The fraction of sp³-hybridized carbons (Fsp3) is 0.562. The molecule has 106 valence electrons. The summed E-state index contributed by atoms with van der Waals surface area (Å²) in [6.45, 7) is 9.77. The van der Waals surface area contributed by atoms with Gasteiger partial charge in [0.25, 0.3) is 5.91 Å². The Morgan fingerprint density at radius 1 is 1.26 bits per heavy atom. The highest BCUT2D eigenvalue weighted by Gasteiger charge is 2.19. The number of amides is 1. The lowest BCUT2D eigenvalue weighted by molar-refractivity contribution is 0.0771. The Hall–Kier alpha value is -1.51. The molecular formula is C16H25NO2. The summed E-state index contributed by atoms with van der Waals surface area (Å²) in [7, 11) is 1.65. The van der Waals surface area contributed by atoms with Crippen molar-refractivity contribution < 1.29 is 9.53 Å². The van der Waals surface area contributed by atoms with Gasteiger partial charge in [-0.2, -0.15) is 0 Å². The summed E-state index contributed by atoms with van der Waals surface area (Å²) in [5.41, 5.74) is 1.89. The van der Waals surface area contributed by atoms with E-state index in [9.17, 15) is 4.79 Å². The fourth-order valence-corrected chi connectivity index (χ4v) is 2.17. The first-order chi connectivity index (χ1) is 9.08. The maximum atomic E-state index is 12.5. The van der Waals surface area contributed by atoms with Gasteiger partial charge in [-0.05, 0) is 49.9 Å². The molecule has 3 nitrogen and oxygen atoms in total. The number of rotatable bonds is 6. The van der Waals surface area contributed by atoms with Crippen molar-refractivity contribution in [2.45, 2.75) is 40.0 Å². The van der Waals surface area contributed by atoms with Crippen molar-refractivity contribution >= 4 is 5.91 Å². The first kappa shape index (κ1) is 15.5. The lowest BCUT2D eigenvalue weighted by atomic mass is 9.92. The molecule has 0 bridgehead atoms. The zero-order chi connectivity index (χ0) is 14.4. The van der Waals surface area contributed by atoms with Crippen molar-refractivity contribution in [1.82, 2.24) is 4.90 Å². The lowest BCUT2D eigenvalue weighted by Crippen LogP contribution is -2.31. The zero-order valence-corrected chi connectivity index (χ0v) is 12.7. The SMILES string of the molecule is CCC(C)c1cc(OC)ccc1C(=O)N(CC)CC. The molecule has 1 aromatic rings. The third-order valence-corrected chi connectivity index (χ3v) is 3.68. The van der Waals surface area contributed by atoms with Gasteiger partial charge in [-0.15, -0.1) is 0 Å². The Bertz CT molecular complexity index is 425. The maximum absolute atomic E-state index is 12.5. The molecule has 0 spiro atoms. The molecule has 1 atom stereocenters. The second-order valence-electron chi connectivity index (χ2n) is 4.74. The average molecular weight is 263 g/mol. The van der Waals surface area contributed by atoms with E-state index in [2.05, 4.69) is 13.8 Å². The predicted molar refractivity (Wildman–Crippen MR) is 79.0 cm³/mol. The highest BCUT2D eigenvalue weighted by atomic mass is 16.5. The minimum atomic E-state index is 0.114. The van der Waals surface area contributed by atoms with E-state index in [1.54, 1.807) is 7.11 Å². The summed E-state index contributed by atoms with van der Waals surface area (Å²) in [5, 5.41) is 0. The number of ether oxygens (including phenoxy) is 1. The van der Waals surface area contributed by atoms with Crippen LogP contribution in [0.15, 0.2) is 18.2 Å². The van der Waals surface area contributed by atoms with Crippen molar-refractivity contribution in [3.8, 4) is 5.75 Å². The van der Waals surface area contributed by atoms with Gasteiger partial charge in [0.05, 0.1) is 7.11 Å². The van der Waals surface area contributed by atoms with Crippen molar-refractivity contribution in [3.63, 3.8) is 0 Å². The topological polar surface area (TPSA) is 29.5 Å². The van der Waals surface area contributed by atoms with Crippen molar-refractivity contribution in [3.05, 3.63) is 29.3 Å². The van der Waals surface area contributed by atoms with E-state index in [0.29, 0.717) is 5.92 Å². The maximum Gasteiger partial charge on any atom is 0.254 e. The smallest absolute Gasteiger partial charge is 0.254 e. The van der Waals surface area contributed by atoms with Crippen LogP contribution in [0.2, 0.25) is 0 Å². The van der Waals surface area contributed by atoms with E-state index < -0.39 is 0 Å². The second kappa shape index (κ2) is 7.17. The summed E-state index contributed by atoms with van der Waals surface area (Å²) >= 11 is 0. The largest absolute Gasteiger partial charge is 0.497 e. The molecule has 0 aliphatic carbocycles. The van der Waals surface area contributed by atoms with Gasteiger partial charge in [-0.25, -0.2) is 0 Å². The highest BCUT2D eigenvalue weighted by molar-refractivity contribution is 5.96. The van der Waals surface area contributed by atoms with E-state index >= 15 is 0 Å². The standard InChI is InChI=1S/C16H25NO2/c1-6-12(4)15-11-13(19-5)9-10-14(15)16(18)17(7-2)8-3/h9-12H,6-8H2,1-5H3. The first-order valence-electron chi connectivity index (χ1n) is 7.06. The summed E-state index contributed by atoms with van der Waals surface area (Å²) in [5.74, 6) is 1.28. The van der Waals surface area contributed by atoms with E-state index in [4.69, 9.17) is 4.74 Å². The number of carbonyl (C=O) groups is 1. The Morgan fingerprint density at radius 3 is 2.37 bits per heavy atom. The Kier molecular flexibility index (Phi) is 5.87. The molecule has 19 heavy (non-hydrogen) atoms. The fourth-order valence-electron chi connectivity index (χ4n) is 2.17. The molecule has 1 aromatic carbocycles. The quantitative estimate of drug-likeness (QED) is 0.783. The normalized spacial score (nSPS) is 12.1. The van der Waals surface area contributed by atoms with Crippen LogP contribution < -0.4 is 4.74 Å². The number of nitrogens with zero attached hydrogens (tertiary/aromatic N) is 1. The monoisotopic (exact) mass is 263 g/mol.